The fraction of sp³-hybridized carbons (Fsp3) is 0.517. The summed E-state index contributed by atoms with van der Waals surface area (Å²) in [6.07, 6.45) is 4.98. The fourth-order valence-corrected chi connectivity index (χ4v) is 5.41. The number of ether oxygens (including phenoxy) is 4. The lowest BCUT2D eigenvalue weighted by Crippen LogP contribution is -2.49. The van der Waals surface area contributed by atoms with Gasteiger partial charge in [-0.15, -0.1) is 0 Å². The molecule has 0 spiro atoms. The topological polar surface area (TPSA) is 89.8 Å². The van der Waals surface area contributed by atoms with Crippen molar-refractivity contribution in [3.05, 3.63) is 48.0 Å². The monoisotopic (exact) mass is 494 g/mol. The number of hydrogen-bond acceptors (Lipinski definition) is 6. The van der Waals surface area contributed by atoms with Crippen LogP contribution in [0, 0.1) is 22.7 Å². The third-order valence-electron chi connectivity index (χ3n) is 7.38. The zero-order valence-electron chi connectivity index (χ0n) is 21.8. The van der Waals surface area contributed by atoms with E-state index in [4.69, 9.17) is 18.9 Å². The molecule has 2 aromatic carbocycles. The number of nitrogens with one attached hydrogen (secondary N) is 1. The van der Waals surface area contributed by atoms with Gasteiger partial charge in [0.2, 0.25) is 6.41 Å². The molecular formula is C29H38N2O5. The number of para-hydroxylation sites is 2. The summed E-state index contributed by atoms with van der Waals surface area (Å²) in [5, 5.41) is 13.5. The smallest absolute Gasteiger partial charge is 0.207 e. The van der Waals surface area contributed by atoms with E-state index < -0.39 is 5.41 Å². The van der Waals surface area contributed by atoms with Gasteiger partial charge in [-0.2, -0.15) is 5.26 Å². The van der Waals surface area contributed by atoms with E-state index in [1.165, 1.54) is 0 Å². The highest BCUT2D eigenvalue weighted by Crippen LogP contribution is 2.45. The third-order valence-corrected chi connectivity index (χ3v) is 7.38. The molecule has 194 valence electrons. The molecule has 0 bridgehead atoms. The van der Waals surface area contributed by atoms with E-state index in [0.717, 1.165) is 43.4 Å². The summed E-state index contributed by atoms with van der Waals surface area (Å²) >= 11 is 0. The van der Waals surface area contributed by atoms with Crippen molar-refractivity contribution < 1.29 is 23.7 Å². The summed E-state index contributed by atoms with van der Waals surface area (Å²) in [4.78, 5) is 11.4. The maximum Gasteiger partial charge on any atom is 0.207 e. The van der Waals surface area contributed by atoms with Crippen molar-refractivity contribution in [2.45, 2.75) is 64.5 Å². The van der Waals surface area contributed by atoms with Crippen molar-refractivity contribution >= 4 is 6.41 Å². The summed E-state index contributed by atoms with van der Waals surface area (Å²) in [5.41, 5.74) is 0.352. The van der Waals surface area contributed by atoms with Crippen LogP contribution < -0.4 is 24.3 Å². The molecular weight excluding hydrogens is 456 g/mol. The molecule has 1 N–H and O–H groups in total. The van der Waals surface area contributed by atoms with Gasteiger partial charge in [-0.3, -0.25) is 4.79 Å². The van der Waals surface area contributed by atoms with Crippen LogP contribution >= 0.6 is 0 Å². The Balaban J connectivity index is 1.75. The number of amides is 1. The highest BCUT2D eigenvalue weighted by atomic mass is 16.6. The van der Waals surface area contributed by atoms with Crippen LogP contribution in [-0.2, 0) is 11.2 Å². The SMILES string of the molecule is CCC(CC)C(C#N)(CCCC(Cc1ccc(OC)c(OC)c1)NC=O)C1COc2ccccc2O1. The highest BCUT2D eigenvalue weighted by molar-refractivity contribution is 5.47. The van der Waals surface area contributed by atoms with Crippen LogP contribution in [0.2, 0.25) is 0 Å². The molecule has 1 aliphatic rings. The van der Waals surface area contributed by atoms with Gasteiger partial charge in [0.1, 0.15) is 12.0 Å². The molecule has 7 heteroatoms. The predicted molar refractivity (Wildman–Crippen MR) is 139 cm³/mol. The molecule has 0 saturated carbocycles. The molecule has 2 aromatic rings. The minimum absolute atomic E-state index is 0.0667. The van der Waals surface area contributed by atoms with Crippen LogP contribution in [0.3, 0.4) is 0 Å². The Labute approximate surface area is 214 Å². The second-order valence-corrected chi connectivity index (χ2v) is 9.30. The number of benzene rings is 2. The zero-order chi connectivity index (χ0) is 26.0. The maximum absolute atomic E-state index is 11.4. The Morgan fingerprint density at radius 3 is 2.50 bits per heavy atom. The van der Waals surface area contributed by atoms with Crippen LogP contribution in [0.4, 0.5) is 0 Å². The van der Waals surface area contributed by atoms with Crippen LogP contribution in [-0.4, -0.2) is 39.4 Å². The molecule has 0 saturated heterocycles. The van der Waals surface area contributed by atoms with E-state index in [-0.39, 0.29) is 18.1 Å². The first-order valence-electron chi connectivity index (χ1n) is 12.7. The second-order valence-electron chi connectivity index (χ2n) is 9.30. The largest absolute Gasteiger partial charge is 0.493 e. The van der Waals surface area contributed by atoms with Crippen molar-refractivity contribution in [1.29, 1.82) is 5.26 Å². The molecule has 0 aromatic heterocycles. The minimum atomic E-state index is -0.688. The number of fused-ring (bicyclic) bond motifs is 1. The zero-order valence-corrected chi connectivity index (χ0v) is 21.8. The third kappa shape index (κ3) is 6.04. The number of rotatable bonds is 14. The first-order chi connectivity index (χ1) is 17.5. The molecule has 1 heterocycles. The van der Waals surface area contributed by atoms with Gasteiger partial charge in [-0.25, -0.2) is 0 Å². The number of nitrogens with zero attached hydrogens (tertiary/aromatic N) is 1. The predicted octanol–water partition coefficient (Wildman–Crippen LogP) is 5.32. The minimum Gasteiger partial charge on any atom is -0.493 e. The average molecular weight is 495 g/mol. The summed E-state index contributed by atoms with van der Waals surface area (Å²) < 4.78 is 23.1. The molecule has 0 aliphatic carbocycles. The molecule has 1 aliphatic heterocycles. The van der Waals surface area contributed by atoms with Gasteiger partial charge in [0.05, 0.1) is 20.3 Å². The van der Waals surface area contributed by atoms with Gasteiger partial charge in [0.25, 0.3) is 0 Å². The standard InChI is InChI=1S/C29H38N2O5/c1-5-22(6-2)29(19-30,28-18-35-25-11-7-8-12-26(25)36-28)15-9-10-23(31-20-32)16-21-13-14-24(33-3)27(17-21)34-4/h7-8,11-14,17,20,22-23,28H,5-6,9-10,15-16,18H2,1-4H3,(H,31,32). The first-order valence-corrected chi connectivity index (χ1v) is 12.7. The molecule has 3 unspecified atom stereocenters. The van der Waals surface area contributed by atoms with Gasteiger partial charge in [0.15, 0.2) is 29.1 Å². The highest BCUT2D eigenvalue weighted by Gasteiger charge is 2.47. The number of carbonyl (C=O) groups excluding carboxylic acids is 1. The Bertz CT molecular complexity index is 1030. The fourth-order valence-electron chi connectivity index (χ4n) is 5.41. The molecule has 0 fully saturated rings. The lowest BCUT2D eigenvalue weighted by atomic mass is 9.66. The summed E-state index contributed by atoms with van der Waals surface area (Å²) in [6, 6.07) is 16.0. The van der Waals surface area contributed by atoms with Gasteiger partial charge in [0, 0.05) is 6.04 Å². The van der Waals surface area contributed by atoms with Gasteiger partial charge in [-0.1, -0.05) is 44.9 Å². The second kappa shape index (κ2) is 13.1. The van der Waals surface area contributed by atoms with Crippen molar-refractivity contribution in [3.8, 4) is 29.1 Å². The Hall–Kier alpha value is -3.40. The normalized spacial score (nSPS) is 16.9. The average Bonchev–Trinajstić information content (AvgIpc) is 2.92. The summed E-state index contributed by atoms with van der Waals surface area (Å²) in [7, 11) is 3.22. The van der Waals surface area contributed by atoms with Crippen molar-refractivity contribution in [2.75, 3.05) is 20.8 Å². The molecule has 36 heavy (non-hydrogen) atoms. The van der Waals surface area contributed by atoms with Gasteiger partial charge < -0.3 is 24.3 Å². The van der Waals surface area contributed by atoms with E-state index in [2.05, 4.69) is 25.2 Å². The number of hydrogen-bond donors (Lipinski definition) is 1. The first kappa shape index (κ1) is 27.2. The lowest BCUT2D eigenvalue weighted by Gasteiger charge is -2.42. The van der Waals surface area contributed by atoms with Crippen LogP contribution in [0.5, 0.6) is 23.0 Å². The van der Waals surface area contributed by atoms with E-state index >= 15 is 0 Å². The van der Waals surface area contributed by atoms with Gasteiger partial charge >= 0.3 is 0 Å². The summed E-state index contributed by atoms with van der Waals surface area (Å²) in [6.45, 7) is 4.61. The van der Waals surface area contributed by atoms with E-state index in [9.17, 15) is 10.1 Å². The molecule has 3 atom stereocenters. The molecule has 7 nitrogen and oxygen atoms in total. The number of nitriles is 1. The van der Waals surface area contributed by atoms with E-state index in [1.54, 1.807) is 14.2 Å². The number of methoxy groups -OCH3 is 2. The Morgan fingerprint density at radius 2 is 1.86 bits per heavy atom. The molecule has 1 amide bonds. The lowest BCUT2D eigenvalue weighted by molar-refractivity contribution is -0.110. The number of carbonyl (C=O) groups is 1. The van der Waals surface area contributed by atoms with Crippen molar-refractivity contribution in [3.63, 3.8) is 0 Å². The Morgan fingerprint density at radius 1 is 1.14 bits per heavy atom. The van der Waals surface area contributed by atoms with Crippen LogP contribution in [0.15, 0.2) is 42.5 Å². The maximum atomic E-state index is 11.4. The van der Waals surface area contributed by atoms with Crippen molar-refractivity contribution in [1.82, 2.24) is 5.32 Å². The van der Waals surface area contributed by atoms with E-state index in [0.29, 0.717) is 36.7 Å². The Kier molecular flexibility index (Phi) is 9.86. The summed E-state index contributed by atoms with van der Waals surface area (Å²) in [5.74, 6) is 2.90. The van der Waals surface area contributed by atoms with Crippen molar-refractivity contribution in [2.24, 2.45) is 11.3 Å². The van der Waals surface area contributed by atoms with Gasteiger partial charge in [-0.05, 0) is 61.4 Å². The van der Waals surface area contributed by atoms with E-state index in [1.807, 2.05) is 42.5 Å². The van der Waals surface area contributed by atoms with Crippen LogP contribution in [0.25, 0.3) is 0 Å². The quantitative estimate of drug-likeness (QED) is 0.358. The van der Waals surface area contributed by atoms with Crippen LogP contribution in [0.1, 0.15) is 51.5 Å². The molecule has 0 radical (unpaired) electrons. The molecule has 3 rings (SSSR count).